The van der Waals surface area contributed by atoms with Gasteiger partial charge in [-0.3, -0.25) is 86.3 Å². The Kier molecular flexibility index (Phi) is 38.9. The first-order chi connectivity index (χ1) is 61.4. The summed E-state index contributed by atoms with van der Waals surface area (Å²) in [7, 11) is 5.32. The number of H-pyrrole nitrogens is 3. The molecule has 2 aliphatic rings. The maximum absolute atomic E-state index is 15.7. The normalized spacial score (nSPS) is 24.1. The van der Waals surface area contributed by atoms with E-state index in [4.69, 9.17) is 17.2 Å². The third-order valence-corrected chi connectivity index (χ3v) is 24.8. The van der Waals surface area contributed by atoms with E-state index in [1.165, 1.54) is 52.5 Å². The lowest BCUT2D eigenvalue weighted by Gasteiger charge is -2.36. The van der Waals surface area contributed by atoms with Crippen LogP contribution < -0.4 is 49.1 Å². The lowest BCUT2D eigenvalue weighted by molar-refractivity contribution is -0.149. The fourth-order valence-corrected chi connectivity index (χ4v) is 17.4. The number of aliphatic hydroxyl groups is 1. The summed E-state index contributed by atoms with van der Waals surface area (Å²) < 4.78 is 0. The van der Waals surface area contributed by atoms with E-state index >= 15 is 28.8 Å². The summed E-state index contributed by atoms with van der Waals surface area (Å²) in [6.45, 7) is 6.29. The molecule has 3 aromatic carbocycles. The number of unbranched alkanes of at least 4 members (excludes halogenated alkanes) is 2. The van der Waals surface area contributed by atoms with Gasteiger partial charge in [-0.2, -0.15) is 0 Å². The minimum atomic E-state index is -1.70. The summed E-state index contributed by atoms with van der Waals surface area (Å²) in [4.78, 5) is 280. The second-order valence-corrected chi connectivity index (χ2v) is 35.1. The highest BCUT2D eigenvalue weighted by atomic mass is 32.2. The number of amides is 14. The number of nitrogens with zero attached hydrogens (tertiary/aromatic N) is 6. The van der Waals surface area contributed by atoms with E-state index in [0.29, 0.717) is 69.9 Å². The number of rotatable bonds is 24. The van der Waals surface area contributed by atoms with E-state index in [9.17, 15) is 62.6 Å². The van der Waals surface area contributed by atoms with E-state index in [-0.39, 0.29) is 70.3 Å². The van der Waals surface area contributed by atoms with Gasteiger partial charge in [0, 0.05) is 150 Å². The maximum Gasteiger partial charge on any atom is 0.246 e. The van der Waals surface area contributed by atoms with Crippen molar-refractivity contribution in [1.29, 1.82) is 0 Å². The first-order valence-corrected chi connectivity index (χ1v) is 45.0. The Morgan fingerprint density at radius 3 is 1.69 bits per heavy atom. The third-order valence-electron chi connectivity index (χ3n) is 23.8. The number of benzene rings is 3. The van der Waals surface area contributed by atoms with Crippen LogP contribution in [0.1, 0.15) is 153 Å². The SMILES string of the molecule is CCCC[C@H]1C(=O)N(C)[C@@H](CCCC)C(=O)C[C@@H](CC(N)=O)C(=O)N[C@H](C(=O)NCC(N)=O)CSCC(=O)N[C@@H](Cc2ccccc2)C(=O)N(C)[C@@H](C)C(=O)N[C@@H](CC(N)=O)C(=O)N2CCC[C@H]2C(=O)C[C@@H](Cc2cnc[nH]2)C(=O)C[C@@H](CC(C)C)C(=O)N(C)CC(=O)N[C@@H](Cc2c[nH]c3ccccc23)C(=O)C[C@@H](CO)C(=O)N[C@@H](Cc2c[nH]c3ccccc23)C(=O)N1C. The highest BCUT2D eigenvalue weighted by molar-refractivity contribution is 8.00. The second kappa shape index (κ2) is 49.2. The number of fused-ring (bicyclic) bond motifs is 3. The van der Waals surface area contributed by atoms with Gasteiger partial charge in [-0.25, -0.2) is 4.98 Å². The van der Waals surface area contributed by atoms with Crippen LogP contribution in [0.15, 0.2) is 104 Å². The summed E-state index contributed by atoms with van der Waals surface area (Å²) in [5.41, 5.74) is 20.4. The fourth-order valence-electron chi connectivity index (χ4n) is 16.5. The number of nitrogens with one attached hydrogen (secondary N) is 9. The first-order valence-electron chi connectivity index (χ1n) is 43.8. The van der Waals surface area contributed by atoms with E-state index in [1.54, 1.807) is 91.3 Å². The Bertz CT molecular complexity index is 4980. The zero-order valence-electron chi connectivity index (χ0n) is 74.7. The summed E-state index contributed by atoms with van der Waals surface area (Å²) >= 11 is 0.770. The number of aliphatic hydroxyl groups excluding tert-OH is 1. The average molecular weight is 1810 g/mol. The molecule has 0 saturated carbocycles. The van der Waals surface area contributed by atoms with Crippen LogP contribution in [0.2, 0.25) is 0 Å². The van der Waals surface area contributed by atoms with Gasteiger partial charge in [0.05, 0.1) is 68.2 Å². The van der Waals surface area contributed by atoms with Gasteiger partial charge in [0.2, 0.25) is 82.7 Å². The number of ketones is 4. The molecular weight excluding hydrogens is 1680 g/mol. The van der Waals surface area contributed by atoms with Crippen molar-refractivity contribution in [3.05, 3.63) is 126 Å². The molecule has 6 aromatic rings. The number of nitrogens with two attached hydrogens (primary N) is 3. The third kappa shape index (κ3) is 29.3. The number of para-hydroxylation sites is 2. The number of carbonyl (C=O) groups excluding carboxylic acids is 18. The molecule has 0 radical (unpaired) electrons. The molecule has 5 heterocycles. The van der Waals surface area contributed by atoms with Gasteiger partial charge >= 0.3 is 0 Å². The molecule has 0 bridgehead atoms. The van der Waals surface area contributed by atoms with E-state index in [0.717, 1.165) is 31.4 Å². The van der Waals surface area contributed by atoms with Gasteiger partial charge in [-0.15, -0.1) is 11.8 Å². The monoisotopic (exact) mass is 1800 g/mol. The molecule has 0 unspecified atom stereocenters. The molecule has 0 spiro atoms. The Hall–Kier alpha value is -12.5. The van der Waals surface area contributed by atoms with Gasteiger partial charge in [0.15, 0.2) is 17.3 Å². The van der Waals surface area contributed by atoms with E-state index < -0.39 is 254 Å². The van der Waals surface area contributed by atoms with Crippen LogP contribution in [0.4, 0.5) is 0 Å². The van der Waals surface area contributed by atoms with Crippen LogP contribution in [0.25, 0.3) is 21.8 Å². The van der Waals surface area contributed by atoms with Gasteiger partial charge in [0.1, 0.15) is 42.0 Å². The van der Waals surface area contributed by atoms with Crippen LogP contribution in [-0.4, -0.2) is 276 Å². The quantitative estimate of drug-likeness (QED) is 0.0411. The second-order valence-electron chi connectivity index (χ2n) is 34.1. The zero-order valence-corrected chi connectivity index (χ0v) is 75.5. The lowest BCUT2D eigenvalue weighted by atomic mass is 9.83. The number of Topliss-reactive ketones (excluding diaryl/α,β-unsaturated/α-hetero) is 4. The topological polar surface area (TPSA) is 554 Å². The number of hydrogen-bond donors (Lipinski definition) is 13. The van der Waals surface area contributed by atoms with Crippen LogP contribution in [-0.2, 0) is 112 Å². The number of imidazole rings is 1. The standard InChI is InChI=1S/C91H124N18O19S/c1-10-12-28-71-76(113)38-56(41-78(92)115)84(121)104-70(86(123)98-46-80(94)117)49-129-50-82(119)101-67(33-54-22-15-14-16-23-54)88(125)106(7)53(5)83(120)102-69(42-79(93)116)90(127)109-31-21-30-72(109)77(114)37-55(34-61-45-95-51-99-61)74(111)39-57(32-52(3)4)87(124)105(6)47-81(118)100-66(35-58-43-96-64-26-19-17-24-62(58)64)75(112)40-60(48-110)85(122)103-68(36-59-44-97-65-27-20-18-25-63(59)65)89(126)108(9)73(29-13-11-2)91(128)107(71)8/h14-20,22-27,43-45,51-53,55-57,60,66-73,96-97,110H,10-13,21,28-42,46-50H2,1-9H3,(H2,92,115)(H2,93,116)(H2,94,117)(H,95,99)(H,98,123)(H,100,118)(H,101,119)(H,102,120)(H,103,122)(H,104,121)/t53-,55+,56-,57+,60-,66-,67-,68-,69-,70-,71-,72-,73-/m0/s1. The van der Waals surface area contributed by atoms with Crippen molar-refractivity contribution in [2.45, 2.75) is 211 Å². The molecule has 8 rings (SSSR count). The maximum atomic E-state index is 15.7. The minimum absolute atomic E-state index is 0.00564. The van der Waals surface area contributed by atoms with Crippen molar-refractivity contribution >= 4 is 139 Å². The molecule has 2 saturated heterocycles. The Morgan fingerprint density at radius 1 is 0.543 bits per heavy atom. The van der Waals surface area contributed by atoms with Crippen molar-refractivity contribution in [2.24, 2.45) is 46.8 Å². The Morgan fingerprint density at radius 2 is 1.09 bits per heavy atom. The molecule has 129 heavy (non-hydrogen) atoms. The van der Waals surface area contributed by atoms with Crippen LogP contribution >= 0.6 is 11.8 Å². The molecular formula is C91H124N18O19S. The molecule has 13 atom stereocenters. The van der Waals surface area contributed by atoms with Gasteiger partial charge in [-0.1, -0.05) is 120 Å². The molecule has 0 aliphatic carbocycles. The number of aromatic amines is 3. The number of primary amides is 3. The predicted octanol–water partition coefficient (Wildman–Crippen LogP) is 1.84. The number of aromatic nitrogens is 4. The minimum Gasteiger partial charge on any atom is -0.396 e. The van der Waals surface area contributed by atoms with Gasteiger partial charge < -0.3 is 93.7 Å². The largest absolute Gasteiger partial charge is 0.396 e. The van der Waals surface area contributed by atoms with Crippen molar-refractivity contribution in [1.82, 2.24) is 76.3 Å². The number of carbonyl (C=O) groups is 18. The van der Waals surface area contributed by atoms with Crippen molar-refractivity contribution in [3.63, 3.8) is 0 Å². The Labute approximate surface area is 753 Å². The number of hydrogen-bond acceptors (Lipinski definition) is 21. The summed E-state index contributed by atoms with van der Waals surface area (Å²) in [5, 5.41) is 28.3. The molecule has 16 N–H and O–H groups in total. The molecule has 14 amide bonds. The van der Waals surface area contributed by atoms with Crippen LogP contribution in [0.3, 0.4) is 0 Å². The van der Waals surface area contributed by atoms with Crippen molar-refractivity contribution in [3.8, 4) is 0 Å². The first kappa shape index (κ1) is 102. The van der Waals surface area contributed by atoms with Crippen LogP contribution in [0.5, 0.6) is 0 Å². The molecule has 38 heteroatoms. The molecule has 37 nitrogen and oxygen atoms in total. The predicted molar refractivity (Wildman–Crippen MR) is 479 cm³/mol. The lowest BCUT2D eigenvalue weighted by Crippen LogP contribution is -2.58. The Balaban J connectivity index is 1.17. The van der Waals surface area contributed by atoms with Crippen molar-refractivity contribution < 1.29 is 91.4 Å². The smallest absolute Gasteiger partial charge is 0.246 e. The molecule has 2 fully saturated rings. The highest BCUT2D eigenvalue weighted by Crippen LogP contribution is 2.31. The van der Waals surface area contributed by atoms with E-state index in [2.05, 4.69) is 51.8 Å². The van der Waals surface area contributed by atoms with Crippen LogP contribution in [0, 0.1) is 29.6 Å². The molecule has 3 aromatic heterocycles. The van der Waals surface area contributed by atoms with Gasteiger partial charge in [0.25, 0.3) is 0 Å². The number of likely N-dealkylation sites (N-methyl/N-ethyl adjacent to an activating group) is 4. The fraction of sp³-hybridized carbons (Fsp3) is 0.527. The molecule has 2 aliphatic heterocycles. The molecule has 698 valence electrons. The summed E-state index contributed by atoms with van der Waals surface area (Å²) in [6, 6.07) is 9.69. The average Bonchev–Trinajstić information content (AvgIpc) is 1.39. The summed E-state index contributed by atoms with van der Waals surface area (Å²) in [5.74, 6) is -21.8. The van der Waals surface area contributed by atoms with Crippen molar-refractivity contribution in [2.75, 3.05) is 65.9 Å². The van der Waals surface area contributed by atoms with Gasteiger partial charge in [-0.05, 0) is 80.2 Å². The van der Waals surface area contributed by atoms with E-state index in [1.807, 2.05) is 27.7 Å². The zero-order chi connectivity index (χ0) is 94.5. The number of thioether (sulfide) groups is 1. The highest BCUT2D eigenvalue weighted by Gasteiger charge is 2.44. The summed E-state index contributed by atoms with van der Waals surface area (Å²) in [6.07, 6.45) is 3.82.